The van der Waals surface area contributed by atoms with E-state index in [2.05, 4.69) is 87.7 Å². The smallest absolute Gasteiger partial charge is 0.0642 e. The highest BCUT2D eigenvalue weighted by molar-refractivity contribution is 6.19. The molecule has 0 atom stereocenters. The number of hydrogen-bond donors (Lipinski definition) is 0. The molecule has 2 aromatic rings. The molecule has 0 heterocycles. The van der Waals surface area contributed by atoms with Gasteiger partial charge in [-0.3, -0.25) is 9.98 Å². The van der Waals surface area contributed by atoms with Gasteiger partial charge in [-0.1, -0.05) is 39.8 Å². The zero-order valence-electron chi connectivity index (χ0n) is 24.7. The van der Waals surface area contributed by atoms with Gasteiger partial charge >= 0.3 is 0 Å². The fourth-order valence-corrected chi connectivity index (χ4v) is 7.17. The van der Waals surface area contributed by atoms with E-state index in [1.165, 1.54) is 11.1 Å². The van der Waals surface area contributed by atoms with Crippen LogP contribution in [0.2, 0.25) is 0 Å². The van der Waals surface area contributed by atoms with Crippen LogP contribution in [0.3, 0.4) is 0 Å². The van der Waals surface area contributed by atoms with Crippen LogP contribution in [-0.4, -0.2) is 74.2 Å². The van der Waals surface area contributed by atoms with E-state index in [1.807, 2.05) is 12.4 Å². The first-order valence-electron chi connectivity index (χ1n) is 14.0. The number of hydrogen-bond acceptors (Lipinski definition) is 4. The highest BCUT2D eigenvalue weighted by Gasteiger charge is 2.61. The van der Waals surface area contributed by atoms with Crippen molar-refractivity contribution >= 4 is 70.2 Å². The Balaban J connectivity index is 1.75. The van der Waals surface area contributed by atoms with Gasteiger partial charge in [0.05, 0.1) is 12.1 Å². The average molecular weight is 627 g/mol. The predicted octanol–water partition coefficient (Wildman–Crippen LogP) is 8.21. The molecule has 3 rings (SSSR count). The van der Waals surface area contributed by atoms with E-state index in [0.717, 1.165) is 48.7 Å². The number of aryl methyl sites for hydroxylation is 2. The summed E-state index contributed by atoms with van der Waals surface area (Å²) in [5, 5.41) is 0. The second-order valence-corrected chi connectivity index (χ2v) is 13.3. The summed E-state index contributed by atoms with van der Waals surface area (Å²) >= 11 is 24.0. The summed E-state index contributed by atoms with van der Waals surface area (Å²) in [6, 6.07) is 13.3. The molecule has 0 unspecified atom stereocenters. The summed E-state index contributed by atoms with van der Waals surface area (Å²) in [6.45, 7) is 16.5. The molecule has 1 fully saturated rings. The minimum Gasteiger partial charge on any atom is -0.369 e. The Morgan fingerprint density at radius 1 is 0.625 bits per heavy atom. The molecule has 0 spiro atoms. The molecule has 0 aliphatic heterocycles. The zero-order chi connectivity index (χ0) is 29.5. The number of nitrogens with zero attached hydrogens (tertiary/aromatic N) is 4. The molecule has 0 amide bonds. The fourth-order valence-electron chi connectivity index (χ4n) is 6.35. The second kappa shape index (κ2) is 14.6. The molecular weight excluding hydrogens is 582 g/mol. The number of benzene rings is 2. The molecular formula is C32H44Cl4N4. The van der Waals surface area contributed by atoms with Crippen molar-refractivity contribution in [3.63, 3.8) is 0 Å². The Bertz CT molecular complexity index is 1060. The Morgan fingerprint density at radius 2 is 0.950 bits per heavy atom. The quantitative estimate of drug-likeness (QED) is 0.156. The lowest BCUT2D eigenvalue weighted by molar-refractivity contribution is -0.0463. The highest BCUT2D eigenvalue weighted by Crippen LogP contribution is 2.57. The van der Waals surface area contributed by atoms with Crippen molar-refractivity contribution in [2.45, 2.75) is 53.6 Å². The third-order valence-electron chi connectivity index (χ3n) is 8.20. The minimum atomic E-state index is -0.0623. The molecule has 4 nitrogen and oxygen atoms in total. The Labute approximate surface area is 261 Å². The molecule has 8 heteroatoms. The Hall–Kier alpha value is -1.46. The zero-order valence-corrected chi connectivity index (χ0v) is 27.8. The van der Waals surface area contributed by atoms with Crippen molar-refractivity contribution in [3.8, 4) is 0 Å². The van der Waals surface area contributed by atoms with Crippen molar-refractivity contribution in [1.29, 1.82) is 0 Å². The van der Waals surface area contributed by atoms with Crippen LogP contribution in [0.4, 0.5) is 11.4 Å². The second-order valence-electron chi connectivity index (χ2n) is 11.8. The Kier molecular flexibility index (Phi) is 12.1. The van der Waals surface area contributed by atoms with Gasteiger partial charge in [-0.05, 0) is 60.4 Å². The molecule has 0 saturated heterocycles. The van der Waals surface area contributed by atoms with Gasteiger partial charge in [0, 0.05) is 84.3 Å². The van der Waals surface area contributed by atoms with E-state index in [4.69, 9.17) is 56.4 Å². The van der Waals surface area contributed by atoms with Gasteiger partial charge in [0.2, 0.25) is 0 Å². The van der Waals surface area contributed by atoms with Gasteiger partial charge in [0.15, 0.2) is 0 Å². The van der Waals surface area contributed by atoms with E-state index >= 15 is 0 Å². The van der Waals surface area contributed by atoms with Crippen molar-refractivity contribution in [2.24, 2.45) is 20.8 Å². The maximum absolute atomic E-state index is 6.00. The summed E-state index contributed by atoms with van der Waals surface area (Å²) in [7, 11) is 0. The molecule has 0 aromatic heterocycles. The largest absolute Gasteiger partial charge is 0.369 e. The van der Waals surface area contributed by atoms with Gasteiger partial charge < -0.3 is 9.80 Å². The number of anilines is 2. The van der Waals surface area contributed by atoms with Gasteiger partial charge in [0.1, 0.15) is 0 Å². The van der Waals surface area contributed by atoms with Crippen LogP contribution in [0.1, 0.15) is 49.9 Å². The lowest BCUT2D eigenvalue weighted by atomic mass is 9.48. The van der Waals surface area contributed by atoms with Crippen molar-refractivity contribution < 1.29 is 0 Å². The molecule has 0 radical (unpaired) electrons. The standard InChI is InChI=1S/C32H44Cl4N4/c1-23-19-27(39(15-11-33)16-12-34)9-7-25(23)21-37-29-31(3,4)30(32(29,5)6)38-22-26-8-10-28(20-24(26)2)40(17-13-35)18-14-36/h7-10,19-22,29-30H,11-18H2,1-6H3. The first-order chi connectivity index (χ1) is 19.0. The van der Waals surface area contributed by atoms with Gasteiger partial charge in [0.25, 0.3) is 0 Å². The summed E-state index contributed by atoms with van der Waals surface area (Å²) in [4.78, 5) is 14.7. The number of rotatable bonds is 14. The van der Waals surface area contributed by atoms with E-state index < -0.39 is 0 Å². The number of aliphatic imine (C=N–C) groups is 2. The van der Waals surface area contributed by atoms with Crippen LogP contribution in [0.25, 0.3) is 0 Å². The maximum Gasteiger partial charge on any atom is 0.0642 e. The summed E-state index contributed by atoms with van der Waals surface area (Å²) in [5.74, 6) is 2.28. The maximum atomic E-state index is 6.00. The van der Waals surface area contributed by atoms with E-state index in [9.17, 15) is 0 Å². The van der Waals surface area contributed by atoms with E-state index in [0.29, 0.717) is 23.5 Å². The van der Waals surface area contributed by atoms with Crippen LogP contribution in [-0.2, 0) is 0 Å². The van der Waals surface area contributed by atoms with Crippen LogP contribution in [0.5, 0.6) is 0 Å². The molecule has 0 bridgehead atoms. The molecule has 0 N–H and O–H groups in total. The van der Waals surface area contributed by atoms with Crippen molar-refractivity contribution in [3.05, 3.63) is 58.7 Å². The lowest BCUT2D eigenvalue weighted by Crippen LogP contribution is -2.65. The summed E-state index contributed by atoms with van der Waals surface area (Å²) in [6.07, 6.45) is 4.08. The van der Waals surface area contributed by atoms with Crippen molar-refractivity contribution in [2.75, 3.05) is 59.5 Å². The predicted molar refractivity (Wildman–Crippen MR) is 180 cm³/mol. The SMILES string of the molecule is Cc1cc(N(CCCl)CCCl)ccc1C=NC1C(C)(C)C(N=Cc2ccc(N(CCCl)CCCl)cc2C)C1(C)C. The van der Waals surface area contributed by atoms with Gasteiger partial charge in [-0.2, -0.15) is 0 Å². The lowest BCUT2D eigenvalue weighted by Gasteiger charge is -2.60. The van der Waals surface area contributed by atoms with Gasteiger partial charge in [-0.25, -0.2) is 0 Å². The third-order valence-corrected chi connectivity index (χ3v) is 8.88. The average Bonchev–Trinajstić information content (AvgIpc) is 2.89. The van der Waals surface area contributed by atoms with E-state index in [1.54, 1.807) is 0 Å². The topological polar surface area (TPSA) is 31.2 Å². The molecule has 220 valence electrons. The third kappa shape index (κ3) is 7.48. The molecule has 40 heavy (non-hydrogen) atoms. The molecule has 1 aliphatic carbocycles. The van der Waals surface area contributed by atoms with Gasteiger partial charge in [-0.15, -0.1) is 46.4 Å². The molecule has 2 aromatic carbocycles. The van der Waals surface area contributed by atoms with Crippen LogP contribution < -0.4 is 9.80 Å². The van der Waals surface area contributed by atoms with E-state index in [-0.39, 0.29) is 22.9 Å². The molecule has 1 saturated carbocycles. The fraction of sp³-hybridized carbons (Fsp3) is 0.562. The first kappa shape index (κ1) is 33.0. The molecule has 1 aliphatic rings. The first-order valence-corrected chi connectivity index (χ1v) is 16.2. The number of halogens is 4. The van der Waals surface area contributed by atoms with Crippen molar-refractivity contribution in [1.82, 2.24) is 0 Å². The number of alkyl halides is 4. The highest BCUT2D eigenvalue weighted by atomic mass is 35.5. The van der Waals surface area contributed by atoms with Crippen LogP contribution in [0, 0.1) is 24.7 Å². The monoisotopic (exact) mass is 624 g/mol. The van der Waals surface area contributed by atoms with Crippen LogP contribution in [0.15, 0.2) is 46.4 Å². The minimum absolute atomic E-state index is 0.0623. The Morgan fingerprint density at radius 3 is 1.23 bits per heavy atom. The summed E-state index contributed by atoms with van der Waals surface area (Å²) < 4.78 is 0. The normalized spacial score (nSPS) is 19.8. The van der Waals surface area contributed by atoms with Crippen LogP contribution >= 0.6 is 46.4 Å². The summed E-state index contributed by atoms with van der Waals surface area (Å²) in [5.41, 5.74) is 6.80.